The molecule has 0 amide bonds. The summed E-state index contributed by atoms with van der Waals surface area (Å²) in [5.74, 6) is 0.304. The molecule has 0 heterocycles. The number of nitrogens with zero attached hydrogens (tertiary/aromatic N) is 1. The van der Waals surface area contributed by atoms with Gasteiger partial charge >= 0.3 is 0 Å². The summed E-state index contributed by atoms with van der Waals surface area (Å²) in [6, 6.07) is -0.0452. The van der Waals surface area contributed by atoms with Gasteiger partial charge in [0.25, 0.3) is 10.2 Å². The number of rotatable bonds is 8. The Balaban J connectivity index is 4.50. The molecule has 0 bridgehead atoms. The summed E-state index contributed by atoms with van der Waals surface area (Å²) < 4.78 is 28.0. The van der Waals surface area contributed by atoms with Gasteiger partial charge in [-0.25, -0.2) is 4.72 Å². The van der Waals surface area contributed by atoms with E-state index in [4.69, 9.17) is 5.73 Å². The largest absolute Gasteiger partial charge is 0.330 e. The summed E-state index contributed by atoms with van der Waals surface area (Å²) in [6.07, 6.45) is 0.681. The topological polar surface area (TPSA) is 75.4 Å². The fraction of sp³-hybridized carbons (Fsp3) is 1.00. The van der Waals surface area contributed by atoms with E-state index in [1.807, 2.05) is 27.7 Å². The van der Waals surface area contributed by atoms with Crippen molar-refractivity contribution in [3.63, 3.8) is 0 Å². The van der Waals surface area contributed by atoms with Gasteiger partial charge in [-0.1, -0.05) is 13.8 Å². The molecule has 0 saturated heterocycles. The molecule has 0 unspecified atom stereocenters. The lowest BCUT2D eigenvalue weighted by molar-refractivity contribution is 0.344. The average molecular weight is 251 g/mol. The summed E-state index contributed by atoms with van der Waals surface area (Å²) in [5, 5.41) is 0. The molecule has 0 aromatic rings. The van der Waals surface area contributed by atoms with Crippen molar-refractivity contribution in [2.45, 2.75) is 40.2 Å². The second kappa shape index (κ2) is 7.21. The summed E-state index contributed by atoms with van der Waals surface area (Å²) in [5.41, 5.74) is 5.40. The first-order valence-corrected chi connectivity index (χ1v) is 7.21. The SMILES string of the molecule is CC(C)CNS(=O)(=O)N(CCCN)C(C)C. The molecule has 0 aromatic carbocycles. The van der Waals surface area contributed by atoms with Crippen molar-refractivity contribution in [2.24, 2.45) is 11.7 Å². The van der Waals surface area contributed by atoms with Crippen molar-refractivity contribution < 1.29 is 8.42 Å². The van der Waals surface area contributed by atoms with Crippen LogP contribution in [0.1, 0.15) is 34.1 Å². The lowest BCUT2D eigenvalue weighted by Crippen LogP contribution is -2.46. The average Bonchev–Trinajstić information content (AvgIpc) is 2.14. The monoisotopic (exact) mass is 251 g/mol. The van der Waals surface area contributed by atoms with E-state index < -0.39 is 10.2 Å². The Hall–Kier alpha value is -0.170. The minimum absolute atomic E-state index is 0.0452. The molecule has 0 fully saturated rings. The minimum atomic E-state index is -3.36. The number of nitrogens with one attached hydrogen (secondary N) is 1. The van der Waals surface area contributed by atoms with Gasteiger partial charge in [0.15, 0.2) is 0 Å². The molecule has 0 atom stereocenters. The van der Waals surface area contributed by atoms with Crippen LogP contribution in [0.5, 0.6) is 0 Å². The van der Waals surface area contributed by atoms with Crippen molar-refractivity contribution in [1.82, 2.24) is 9.03 Å². The van der Waals surface area contributed by atoms with Crippen LogP contribution in [0.4, 0.5) is 0 Å². The van der Waals surface area contributed by atoms with E-state index >= 15 is 0 Å². The molecule has 16 heavy (non-hydrogen) atoms. The fourth-order valence-electron chi connectivity index (χ4n) is 1.26. The van der Waals surface area contributed by atoms with E-state index in [2.05, 4.69) is 4.72 Å². The summed E-state index contributed by atoms with van der Waals surface area (Å²) >= 11 is 0. The van der Waals surface area contributed by atoms with Gasteiger partial charge in [-0.15, -0.1) is 0 Å². The van der Waals surface area contributed by atoms with Crippen molar-refractivity contribution >= 4 is 10.2 Å². The van der Waals surface area contributed by atoms with Gasteiger partial charge in [0.2, 0.25) is 0 Å². The highest BCUT2D eigenvalue weighted by Crippen LogP contribution is 2.06. The van der Waals surface area contributed by atoms with Gasteiger partial charge < -0.3 is 5.73 Å². The molecular weight excluding hydrogens is 226 g/mol. The van der Waals surface area contributed by atoms with Gasteiger partial charge in [-0.05, 0) is 32.7 Å². The molecule has 0 aliphatic rings. The normalized spacial score (nSPS) is 13.0. The molecule has 0 rings (SSSR count). The number of hydrogen-bond donors (Lipinski definition) is 2. The molecule has 0 spiro atoms. The first-order valence-electron chi connectivity index (χ1n) is 5.77. The molecule has 0 radical (unpaired) electrons. The van der Waals surface area contributed by atoms with Crippen LogP contribution in [0.3, 0.4) is 0 Å². The predicted molar refractivity (Wildman–Crippen MR) is 67.3 cm³/mol. The maximum atomic E-state index is 12.0. The van der Waals surface area contributed by atoms with Crippen molar-refractivity contribution in [2.75, 3.05) is 19.6 Å². The van der Waals surface area contributed by atoms with Crippen LogP contribution in [0.25, 0.3) is 0 Å². The quantitative estimate of drug-likeness (QED) is 0.661. The molecule has 0 saturated carbocycles. The third kappa shape index (κ3) is 5.79. The minimum Gasteiger partial charge on any atom is -0.330 e. The molecule has 5 nitrogen and oxygen atoms in total. The van der Waals surface area contributed by atoms with Crippen molar-refractivity contribution in [1.29, 1.82) is 0 Å². The van der Waals surface area contributed by atoms with E-state index in [1.165, 1.54) is 4.31 Å². The van der Waals surface area contributed by atoms with E-state index in [-0.39, 0.29) is 6.04 Å². The Morgan fingerprint density at radius 2 is 1.81 bits per heavy atom. The van der Waals surface area contributed by atoms with Gasteiger partial charge in [0, 0.05) is 19.1 Å². The molecule has 6 heteroatoms. The maximum absolute atomic E-state index is 12.0. The second-order valence-corrected chi connectivity index (χ2v) is 6.30. The lowest BCUT2D eigenvalue weighted by atomic mass is 10.2. The highest BCUT2D eigenvalue weighted by Gasteiger charge is 2.23. The Bertz CT molecular complexity index is 276. The van der Waals surface area contributed by atoms with Gasteiger partial charge in [0.05, 0.1) is 0 Å². The zero-order chi connectivity index (χ0) is 12.8. The Morgan fingerprint density at radius 3 is 2.19 bits per heavy atom. The van der Waals surface area contributed by atoms with Crippen LogP contribution in [-0.4, -0.2) is 38.4 Å². The van der Waals surface area contributed by atoms with Crippen LogP contribution in [0.15, 0.2) is 0 Å². The molecule has 0 aliphatic heterocycles. The summed E-state index contributed by atoms with van der Waals surface area (Å²) in [7, 11) is -3.36. The highest BCUT2D eigenvalue weighted by molar-refractivity contribution is 7.87. The third-order valence-electron chi connectivity index (χ3n) is 2.14. The molecule has 98 valence electrons. The molecular formula is C10H25N3O2S. The smallest absolute Gasteiger partial charge is 0.279 e. The number of nitrogens with two attached hydrogens (primary N) is 1. The third-order valence-corrected chi connectivity index (χ3v) is 3.89. The summed E-state index contributed by atoms with van der Waals surface area (Å²) in [6.45, 7) is 9.12. The molecule has 0 aromatic heterocycles. The molecule has 3 N–H and O–H groups in total. The lowest BCUT2D eigenvalue weighted by Gasteiger charge is -2.26. The van der Waals surface area contributed by atoms with Crippen molar-refractivity contribution in [3.05, 3.63) is 0 Å². The van der Waals surface area contributed by atoms with Crippen LogP contribution in [0.2, 0.25) is 0 Å². The van der Waals surface area contributed by atoms with Crippen LogP contribution >= 0.6 is 0 Å². The predicted octanol–water partition coefficient (Wildman–Crippen LogP) is 0.536. The Kier molecular flexibility index (Phi) is 7.14. The number of hydrogen-bond acceptors (Lipinski definition) is 3. The van der Waals surface area contributed by atoms with Crippen LogP contribution < -0.4 is 10.5 Å². The van der Waals surface area contributed by atoms with E-state index in [0.29, 0.717) is 32.0 Å². The van der Waals surface area contributed by atoms with Gasteiger partial charge in [0.1, 0.15) is 0 Å². The molecule has 0 aliphatic carbocycles. The fourth-order valence-corrected chi connectivity index (χ4v) is 2.89. The highest BCUT2D eigenvalue weighted by atomic mass is 32.2. The van der Waals surface area contributed by atoms with Crippen LogP contribution in [-0.2, 0) is 10.2 Å². The zero-order valence-electron chi connectivity index (χ0n) is 10.7. The Morgan fingerprint density at radius 1 is 1.25 bits per heavy atom. The standard InChI is InChI=1S/C10H25N3O2S/c1-9(2)8-12-16(14,15)13(10(3)4)7-5-6-11/h9-10,12H,5-8,11H2,1-4H3. The summed E-state index contributed by atoms with van der Waals surface area (Å²) in [4.78, 5) is 0. The maximum Gasteiger partial charge on any atom is 0.279 e. The van der Waals surface area contributed by atoms with Gasteiger partial charge in [-0.3, -0.25) is 0 Å². The Labute approximate surface area is 99.6 Å². The van der Waals surface area contributed by atoms with Gasteiger partial charge in [-0.2, -0.15) is 12.7 Å². The van der Waals surface area contributed by atoms with E-state index in [1.54, 1.807) is 0 Å². The first-order chi connectivity index (χ1) is 7.31. The zero-order valence-corrected chi connectivity index (χ0v) is 11.5. The first kappa shape index (κ1) is 15.8. The van der Waals surface area contributed by atoms with Crippen LogP contribution in [0, 0.1) is 5.92 Å². The van der Waals surface area contributed by atoms with E-state index in [0.717, 1.165) is 0 Å². The van der Waals surface area contributed by atoms with Crippen molar-refractivity contribution in [3.8, 4) is 0 Å². The van der Waals surface area contributed by atoms with E-state index in [9.17, 15) is 8.42 Å². The second-order valence-electron chi connectivity index (χ2n) is 4.59.